The van der Waals surface area contributed by atoms with Gasteiger partial charge in [0.15, 0.2) is 11.6 Å². The smallest absolute Gasteiger partial charge is 0.225 e. The Morgan fingerprint density at radius 2 is 1.86 bits per heavy atom. The first-order valence-electron chi connectivity index (χ1n) is 6.29. The van der Waals surface area contributed by atoms with Crippen molar-refractivity contribution >= 4 is 23.4 Å². The summed E-state index contributed by atoms with van der Waals surface area (Å²) in [5, 5.41) is -0.0373. The zero-order chi connectivity index (χ0) is 14.8. The van der Waals surface area contributed by atoms with Crippen molar-refractivity contribution in [2.75, 3.05) is 36.9 Å². The highest BCUT2D eigenvalue weighted by Crippen LogP contribution is 2.28. The van der Waals surface area contributed by atoms with Gasteiger partial charge in [0.25, 0.3) is 0 Å². The number of nitrogen functional groups attached to an aromatic ring is 1. The molecule has 2 aromatic heterocycles. The molecule has 21 heavy (non-hydrogen) atoms. The number of hydrogen-bond donors (Lipinski definition) is 1. The van der Waals surface area contributed by atoms with Gasteiger partial charge in [-0.25, -0.2) is 19.3 Å². The average molecular weight is 311 g/mol. The summed E-state index contributed by atoms with van der Waals surface area (Å²) >= 11 is 5.91. The topological polar surface area (TPSA) is 90.0 Å². The van der Waals surface area contributed by atoms with Crippen molar-refractivity contribution in [3.8, 4) is 11.3 Å². The summed E-state index contributed by atoms with van der Waals surface area (Å²) in [5.41, 5.74) is 5.86. The predicted molar refractivity (Wildman–Crippen MR) is 75.5 cm³/mol. The van der Waals surface area contributed by atoms with Crippen molar-refractivity contribution in [2.24, 2.45) is 0 Å². The molecule has 2 N–H and O–H groups in total. The first kappa shape index (κ1) is 13.9. The zero-order valence-corrected chi connectivity index (χ0v) is 11.7. The summed E-state index contributed by atoms with van der Waals surface area (Å²) in [4.78, 5) is 17.3. The highest BCUT2D eigenvalue weighted by molar-refractivity contribution is 6.28. The number of hydrogen-bond acceptors (Lipinski definition) is 7. The molecule has 1 saturated heterocycles. The second-order valence-electron chi connectivity index (χ2n) is 4.41. The van der Waals surface area contributed by atoms with Gasteiger partial charge < -0.3 is 15.4 Å². The molecule has 7 nitrogen and oxygen atoms in total. The van der Waals surface area contributed by atoms with Crippen LogP contribution in [0.25, 0.3) is 11.3 Å². The first-order valence-corrected chi connectivity index (χ1v) is 6.66. The fourth-order valence-corrected chi connectivity index (χ4v) is 2.21. The number of nitrogens with zero attached hydrogens (tertiary/aromatic N) is 5. The van der Waals surface area contributed by atoms with E-state index < -0.39 is 5.82 Å². The lowest BCUT2D eigenvalue weighted by Gasteiger charge is -2.28. The molecule has 0 aliphatic carbocycles. The number of anilines is 2. The van der Waals surface area contributed by atoms with Crippen LogP contribution in [0.2, 0.25) is 5.28 Å². The molecule has 0 bridgehead atoms. The molecule has 0 aromatic carbocycles. The van der Waals surface area contributed by atoms with Crippen molar-refractivity contribution in [1.29, 1.82) is 0 Å². The van der Waals surface area contributed by atoms with Crippen molar-refractivity contribution in [3.63, 3.8) is 0 Å². The first-order chi connectivity index (χ1) is 10.1. The monoisotopic (exact) mass is 310 g/mol. The fraction of sp³-hybridized carbons (Fsp3) is 0.333. The van der Waals surface area contributed by atoms with E-state index in [4.69, 9.17) is 22.1 Å². The number of nitrogens with two attached hydrogens (primary N) is 1. The second kappa shape index (κ2) is 5.74. The van der Waals surface area contributed by atoms with E-state index in [1.807, 2.05) is 0 Å². The molecule has 0 amide bonds. The fourth-order valence-electron chi connectivity index (χ4n) is 2.04. The summed E-state index contributed by atoms with van der Waals surface area (Å²) < 4.78 is 19.9. The minimum atomic E-state index is -0.560. The number of rotatable bonds is 2. The van der Waals surface area contributed by atoms with Crippen molar-refractivity contribution in [2.45, 2.75) is 0 Å². The van der Waals surface area contributed by atoms with Gasteiger partial charge in [-0.1, -0.05) is 0 Å². The molecule has 0 unspecified atom stereocenters. The Hall–Kier alpha value is -2.06. The number of halogens is 2. The van der Waals surface area contributed by atoms with E-state index in [1.165, 1.54) is 12.4 Å². The van der Waals surface area contributed by atoms with Gasteiger partial charge in [0.05, 0.1) is 13.2 Å². The standard InChI is InChI=1S/C12H12ClFN6O/c13-11-18-9(7-5-16-12(15)17-6-7)8(14)10(19-11)20-1-3-21-4-2-20/h5-6H,1-4H2,(H2,15,16,17). The zero-order valence-electron chi connectivity index (χ0n) is 11.0. The average Bonchev–Trinajstić information content (AvgIpc) is 2.51. The van der Waals surface area contributed by atoms with Crippen LogP contribution < -0.4 is 10.6 Å². The summed E-state index contributed by atoms with van der Waals surface area (Å²) in [6.45, 7) is 2.12. The quantitative estimate of drug-likeness (QED) is 0.832. The van der Waals surface area contributed by atoms with E-state index in [0.29, 0.717) is 31.9 Å². The molecular weight excluding hydrogens is 299 g/mol. The summed E-state index contributed by atoms with van der Waals surface area (Å²) in [5.74, 6) is -0.299. The highest BCUT2D eigenvalue weighted by Gasteiger charge is 2.22. The normalized spacial score (nSPS) is 15.2. The summed E-state index contributed by atoms with van der Waals surface area (Å²) in [6.07, 6.45) is 2.79. The van der Waals surface area contributed by atoms with E-state index in [-0.39, 0.29) is 22.7 Å². The Balaban J connectivity index is 2.04. The maximum absolute atomic E-state index is 14.7. The summed E-state index contributed by atoms with van der Waals surface area (Å²) in [7, 11) is 0. The Kier molecular flexibility index (Phi) is 3.80. The molecule has 9 heteroatoms. The molecule has 3 heterocycles. The molecule has 0 atom stereocenters. The number of morpholine rings is 1. The van der Waals surface area contributed by atoms with E-state index in [1.54, 1.807) is 4.90 Å². The van der Waals surface area contributed by atoms with Gasteiger partial charge >= 0.3 is 0 Å². The lowest BCUT2D eigenvalue weighted by molar-refractivity contribution is 0.122. The maximum Gasteiger partial charge on any atom is 0.225 e. The molecule has 0 radical (unpaired) electrons. The van der Waals surface area contributed by atoms with Crippen LogP contribution in [-0.2, 0) is 4.74 Å². The largest absolute Gasteiger partial charge is 0.378 e. The van der Waals surface area contributed by atoms with Gasteiger partial charge in [0.2, 0.25) is 11.2 Å². The molecule has 2 aromatic rings. The van der Waals surface area contributed by atoms with Crippen LogP contribution in [-0.4, -0.2) is 46.2 Å². The number of ether oxygens (including phenoxy) is 1. The molecule has 0 saturated carbocycles. The Morgan fingerprint density at radius 1 is 1.19 bits per heavy atom. The molecular formula is C12H12ClFN6O. The molecule has 3 rings (SSSR count). The van der Waals surface area contributed by atoms with E-state index >= 15 is 0 Å². The third kappa shape index (κ3) is 2.86. The van der Waals surface area contributed by atoms with Crippen molar-refractivity contribution < 1.29 is 9.13 Å². The lowest BCUT2D eigenvalue weighted by atomic mass is 10.2. The molecule has 1 fully saturated rings. The van der Waals surface area contributed by atoms with Crippen LogP contribution in [0.5, 0.6) is 0 Å². The molecule has 1 aliphatic rings. The number of aromatic nitrogens is 4. The van der Waals surface area contributed by atoms with Gasteiger partial charge in [-0.05, 0) is 11.6 Å². The minimum absolute atomic E-state index is 0.0373. The van der Waals surface area contributed by atoms with Crippen molar-refractivity contribution in [3.05, 3.63) is 23.5 Å². The van der Waals surface area contributed by atoms with Crippen LogP contribution in [0.1, 0.15) is 0 Å². The van der Waals surface area contributed by atoms with Gasteiger partial charge in [-0.2, -0.15) is 4.98 Å². The highest BCUT2D eigenvalue weighted by atomic mass is 35.5. The van der Waals surface area contributed by atoms with Crippen LogP contribution in [0.15, 0.2) is 12.4 Å². The third-order valence-electron chi connectivity index (χ3n) is 3.06. The van der Waals surface area contributed by atoms with Crippen LogP contribution in [0, 0.1) is 5.82 Å². The Morgan fingerprint density at radius 3 is 2.52 bits per heavy atom. The lowest BCUT2D eigenvalue weighted by Crippen LogP contribution is -2.37. The second-order valence-corrected chi connectivity index (χ2v) is 4.75. The van der Waals surface area contributed by atoms with Gasteiger partial charge in [-0.3, -0.25) is 0 Å². The van der Waals surface area contributed by atoms with E-state index in [0.717, 1.165) is 0 Å². The van der Waals surface area contributed by atoms with E-state index in [2.05, 4.69) is 19.9 Å². The van der Waals surface area contributed by atoms with Gasteiger partial charge in [0, 0.05) is 31.0 Å². The summed E-state index contributed by atoms with van der Waals surface area (Å²) in [6, 6.07) is 0. The molecule has 110 valence electrons. The van der Waals surface area contributed by atoms with Crippen LogP contribution in [0.3, 0.4) is 0 Å². The Labute approximate surface area is 125 Å². The van der Waals surface area contributed by atoms with Crippen molar-refractivity contribution in [1.82, 2.24) is 19.9 Å². The minimum Gasteiger partial charge on any atom is -0.378 e. The third-order valence-corrected chi connectivity index (χ3v) is 3.23. The predicted octanol–water partition coefficient (Wildman–Crippen LogP) is 1.14. The van der Waals surface area contributed by atoms with Crippen LogP contribution in [0.4, 0.5) is 16.2 Å². The SMILES string of the molecule is Nc1ncc(-c2nc(Cl)nc(N3CCOCC3)c2F)cn1. The van der Waals surface area contributed by atoms with E-state index in [9.17, 15) is 4.39 Å². The maximum atomic E-state index is 14.7. The Bertz CT molecular complexity index is 647. The van der Waals surface area contributed by atoms with Gasteiger partial charge in [-0.15, -0.1) is 0 Å². The van der Waals surface area contributed by atoms with Crippen LogP contribution >= 0.6 is 11.6 Å². The molecule has 1 aliphatic heterocycles. The molecule has 0 spiro atoms. The van der Waals surface area contributed by atoms with Gasteiger partial charge in [0.1, 0.15) is 5.69 Å².